The van der Waals surface area contributed by atoms with Crippen molar-refractivity contribution in [1.29, 1.82) is 0 Å². The van der Waals surface area contributed by atoms with Gasteiger partial charge in [0.25, 0.3) is 0 Å². The molecule has 2 N–H and O–H groups in total. The number of carbonyl (C=O) groups is 2. The van der Waals surface area contributed by atoms with E-state index in [4.69, 9.17) is 0 Å². The lowest BCUT2D eigenvalue weighted by atomic mass is 10.1. The van der Waals surface area contributed by atoms with Gasteiger partial charge in [0.15, 0.2) is 0 Å². The largest absolute Gasteiger partial charge is 0.329 e. The number of hydrazone groups is 1. The van der Waals surface area contributed by atoms with Crippen LogP contribution in [0.3, 0.4) is 0 Å². The topological polar surface area (TPSA) is 70.6 Å². The molecule has 0 aliphatic rings. The first-order valence-corrected chi connectivity index (χ1v) is 8.16. The van der Waals surface area contributed by atoms with Gasteiger partial charge in [-0.2, -0.15) is 5.10 Å². The Balaban J connectivity index is 1.92. The second-order valence-corrected chi connectivity index (χ2v) is 5.96. The van der Waals surface area contributed by atoms with E-state index in [9.17, 15) is 9.59 Å². The molecule has 0 heterocycles. The molecule has 0 radical (unpaired) electrons. The molecule has 0 atom stereocenters. The lowest BCUT2D eigenvalue weighted by molar-refractivity contribution is -0.136. The van der Waals surface area contributed by atoms with Gasteiger partial charge in [0.1, 0.15) is 0 Å². The first kappa shape index (κ1) is 17.1. The van der Waals surface area contributed by atoms with E-state index in [1.807, 2.05) is 49.4 Å². The van der Waals surface area contributed by atoms with Crippen LogP contribution in [0.4, 0.5) is 5.69 Å². The zero-order valence-corrected chi connectivity index (χ0v) is 14.7. The summed E-state index contributed by atoms with van der Waals surface area (Å²) in [5.74, 6) is -1.55. The maximum Gasteiger partial charge on any atom is 0.329 e. The second kappa shape index (κ2) is 8.42. The summed E-state index contributed by atoms with van der Waals surface area (Å²) < 4.78 is 1.11. The minimum Gasteiger partial charge on any atom is -0.317 e. The Labute approximate surface area is 148 Å². The van der Waals surface area contributed by atoms with Crippen molar-refractivity contribution in [1.82, 2.24) is 5.43 Å². The molecule has 0 aliphatic carbocycles. The lowest BCUT2D eigenvalue weighted by Gasteiger charge is -2.08. The second-order valence-electron chi connectivity index (χ2n) is 4.72. The molecular weight excluding hydrogens is 405 g/mol. The van der Waals surface area contributed by atoms with Gasteiger partial charge in [-0.05, 0) is 58.3 Å². The van der Waals surface area contributed by atoms with Crippen molar-refractivity contribution >= 4 is 46.3 Å². The highest BCUT2D eigenvalue weighted by molar-refractivity contribution is 14.1. The molecule has 0 aliphatic heterocycles. The molecular formula is C17H16IN3O2. The summed E-state index contributed by atoms with van der Waals surface area (Å²) in [4.78, 5) is 23.6. The maximum absolute atomic E-state index is 11.9. The normalized spacial score (nSPS) is 10.5. The van der Waals surface area contributed by atoms with E-state index in [1.165, 1.54) is 6.21 Å². The van der Waals surface area contributed by atoms with Crippen molar-refractivity contribution in [3.05, 3.63) is 63.2 Å². The third-order valence-electron chi connectivity index (χ3n) is 3.10. The first-order chi connectivity index (χ1) is 11.1. The quantitative estimate of drug-likeness (QED) is 0.345. The Bertz CT molecular complexity index is 727. The Morgan fingerprint density at radius 3 is 2.48 bits per heavy atom. The molecule has 2 aromatic rings. The Hall–Kier alpha value is -2.22. The first-order valence-electron chi connectivity index (χ1n) is 7.08. The van der Waals surface area contributed by atoms with E-state index in [0.717, 1.165) is 21.1 Å². The van der Waals surface area contributed by atoms with Crippen molar-refractivity contribution < 1.29 is 9.59 Å². The lowest BCUT2D eigenvalue weighted by Crippen LogP contribution is -2.32. The minimum absolute atomic E-state index is 0.636. The van der Waals surface area contributed by atoms with Gasteiger partial charge in [-0.25, -0.2) is 5.43 Å². The van der Waals surface area contributed by atoms with Crippen LogP contribution in [0.5, 0.6) is 0 Å². The summed E-state index contributed by atoms with van der Waals surface area (Å²) in [6, 6.07) is 15.0. The summed E-state index contributed by atoms with van der Waals surface area (Å²) in [5, 5.41) is 6.38. The number of aryl methyl sites for hydroxylation is 1. The number of hydrogen-bond acceptors (Lipinski definition) is 3. The van der Waals surface area contributed by atoms with E-state index >= 15 is 0 Å². The number of anilines is 1. The zero-order chi connectivity index (χ0) is 16.7. The predicted molar refractivity (Wildman–Crippen MR) is 99.3 cm³/mol. The molecule has 23 heavy (non-hydrogen) atoms. The molecule has 2 aromatic carbocycles. The average Bonchev–Trinajstić information content (AvgIpc) is 2.57. The van der Waals surface area contributed by atoms with Crippen LogP contribution in [-0.2, 0) is 16.0 Å². The zero-order valence-electron chi connectivity index (χ0n) is 12.5. The number of halogens is 1. The molecule has 0 spiro atoms. The maximum atomic E-state index is 11.9. The van der Waals surface area contributed by atoms with Crippen molar-refractivity contribution in [2.45, 2.75) is 13.3 Å². The van der Waals surface area contributed by atoms with Gasteiger partial charge >= 0.3 is 11.8 Å². The summed E-state index contributed by atoms with van der Waals surface area (Å²) in [6.07, 6.45) is 2.25. The molecule has 118 valence electrons. The summed E-state index contributed by atoms with van der Waals surface area (Å²) in [5.41, 5.74) is 4.66. The molecule has 0 saturated heterocycles. The van der Waals surface area contributed by atoms with Crippen molar-refractivity contribution in [3.8, 4) is 0 Å². The smallest absolute Gasteiger partial charge is 0.317 e. The number of nitrogens with one attached hydrogen (secondary N) is 2. The summed E-state index contributed by atoms with van der Waals surface area (Å²) in [7, 11) is 0. The molecule has 0 bridgehead atoms. The van der Waals surface area contributed by atoms with Crippen molar-refractivity contribution in [3.63, 3.8) is 0 Å². The Kier molecular flexibility index (Phi) is 6.28. The van der Waals surface area contributed by atoms with Gasteiger partial charge in [-0.3, -0.25) is 9.59 Å². The number of nitrogens with zero attached hydrogens (tertiary/aromatic N) is 1. The fourth-order valence-corrected chi connectivity index (χ4v) is 2.25. The van der Waals surface area contributed by atoms with Crippen LogP contribution in [0.1, 0.15) is 18.1 Å². The Morgan fingerprint density at radius 1 is 1.09 bits per heavy atom. The molecule has 0 aromatic heterocycles. The molecule has 2 rings (SSSR count). The third kappa shape index (κ3) is 5.17. The van der Waals surface area contributed by atoms with Crippen LogP contribution in [-0.4, -0.2) is 18.0 Å². The van der Waals surface area contributed by atoms with Crippen LogP contribution in [0, 0.1) is 3.57 Å². The molecule has 6 heteroatoms. The molecule has 0 unspecified atom stereocenters. The highest BCUT2D eigenvalue weighted by atomic mass is 127. The average molecular weight is 421 g/mol. The number of para-hydroxylation sites is 1. The van der Waals surface area contributed by atoms with Crippen molar-refractivity contribution in [2.75, 3.05) is 5.32 Å². The molecule has 0 saturated carbocycles. The van der Waals surface area contributed by atoms with Gasteiger partial charge < -0.3 is 5.32 Å². The minimum atomic E-state index is -0.808. The van der Waals surface area contributed by atoms with E-state index in [0.29, 0.717) is 5.69 Å². The monoisotopic (exact) mass is 421 g/mol. The molecule has 5 nitrogen and oxygen atoms in total. The summed E-state index contributed by atoms with van der Waals surface area (Å²) in [6.45, 7) is 1.98. The van der Waals surface area contributed by atoms with Crippen LogP contribution >= 0.6 is 22.6 Å². The summed E-state index contributed by atoms with van der Waals surface area (Å²) >= 11 is 2.20. The third-order valence-corrected chi connectivity index (χ3v) is 3.82. The van der Waals surface area contributed by atoms with Crippen LogP contribution in [0.25, 0.3) is 0 Å². The fraction of sp³-hybridized carbons (Fsp3) is 0.118. The van der Waals surface area contributed by atoms with Crippen LogP contribution in [0.15, 0.2) is 53.6 Å². The highest BCUT2D eigenvalue weighted by Gasteiger charge is 2.14. The SMILES string of the molecule is CCc1ccccc1NC(=O)C(=O)N/N=C/c1ccc(I)cc1. The van der Waals surface area contributed by atoms with Crippen LogP contribution < -0.4 is 10.7 Å². The van der Waals surface area contributed by atoms with Crippen molar-refractivity contribution in [2.24, 2.45) is 5.10 Å². The van der Waals surface area contributed by atoms with Gasteiger partial charge in [0.2, 0.25) is 0 Å². The number of benzene rings is 2. The number of hydrogen-bond donors (Lipinski definition) is 2. The standard InChI is InChI=1S/C17H16IN3O2/c1-2-13-5-3-4-6-15(13)20-16(22)17(23)21-19-11-12-7-9-14(18)10-8-12/h3-11H,2H2,1H3,(H,20,22)(H,21,23)/b19-11+. The van der Waals surface area contributed by atoms with E-state index in [2.05, 4.69) is 38.4 Å². The number of rotatable bonds is 4. The Morgan fingerprint density at radius 2 is 1.78 bits per heavy atom. The van der Waals surface area contributed by atoms with Gasteiger partial charge in [0, 0.05) is 9.26 Å². The van der Waals surface area contributed by atoms with Crippen LogP contribution in [0.2, 0.25) is 0 Å². The highest BCUT2D eigenvalue weighted by Crippen LogP contribution is 2.15. The van der Waals surface area contributed by atoms with Gasteiger partial charge in [0.05, 0.1) is 6.21 Å². The van der Waals surface area contributed by atoms with Gasteiger partial charge in [-0.1, -0.05) is 37.3 Å². The number of amides is 2. The molecule has 2 amide bonds. The predicted octanol–water partition coefficient (Wildman–Crippen LogP) is 2.94. The fourth-order valence-electron chi connectivity index (χ4n) is 1.89. The van der Waals surface area contributed by atoms with E-state index in [1.54, 1.807) is 6.07 Å². The van der Waals surface area contributed by atoms with E-state index < -0.39 is 11.8 Å². The molecule has 0 fully saturated rings. The van der Waals surface area contributed by atoms with Gasteiger partial charge in [-0.15, -0.1) is 0 Å². The van der Waals surface area contributed by atoms with E-state index in [-0.39, 0.29) is 0 Å². The number of carbonyl (C=O) groups excluding carboxylic acids is 2.